The molecule has 0 saturated heterocycles. The summed E-state index contributed by atoms with van der Waals surface area (Å²) in [5.74, 6) is -0.249. The van der Waals surface area contributed by atoms with Gasteiger partial charge >= 0.3 is 5.97 Å². The number of carbonyl (C=O) groups excluding carboxylic acids is 1. The van der Waals surface area contributed by atoms with Crippen LogP contribution in [-0.4, -0.2) is 22.4 Å². The Hall–Kier alpha value is -1.62. The van der Waals surface area contributed by atoms with Crippen LogP contribution in [0.15, 0.2) is 28.7 Å². The number of aromatic nitrogens is 2. The van der Waals surface area contributed by atoms with Crippen LogP contribution >= 0.6 is 15.9 Å². The summed E-state index contributed by atoms with van der Waals surface area (Å²) < 4.78 is 8.40. The fraction of sp³-hybridized carbons (Fsp3) is 0.500. The zero-order valence-corrected chi connectivity index (χ0v) is 16.9. The van der Waals surface area contributed by atoms with Crippen LogP contribution in [0.5, 0.6) is 0 Å². The van der Waals surface area contributed by atoms with Crippen molar-refractivity contribution in [1.29, 1.82) is 0 Å². The molecule has 0 amide bonds. The van der Waals surface area contributed by atoms with Gasteiger partial charge in [0.05, 0.1) is 18.0 Å². The van der Waals surface area contributed by atoms with Crippen LogP contribution in [0.25, 0.3) is 0 Å². The largest absolute Gasteiger partial charge is 0.462 e. The van der Waals surface area contributed by atoms with E-state index < -0.39 is 0 Å². The lowest BCUT2D eigenvalue weighted by Crippen LogP contribution is -2.12. The normalized spacial score (nSPS) is 10.9. The zero-order chi connectivity index (χ0) is 18.2. The molecule has 0 bridgehead atoms. The molecule has 2 aromatic rings. The van der Waals surface area contributed by atoms with Crippen LogP contribution in [0.1, 0.15) is 67.3 Å². The quantitative estimate of drug-likeness (QED) is 0.539. The van der Waals surface area contributed by atoms with Crippen molar-refractivity contribution in [1.82, 2.24) is 9.78 Å². The lowest BCUT2D eigenvalue weighted by atomic mass is 10.0. The molecule has 0 aliphatic carbocycles. The number of ether oxygens (including phenoxy) is 1. The van der Waals surface area contributed by atoms with Crippen molar-refractivity contribution in [2.24, 2.45) is 0 Å². The molecule has 0 atom stereocenters. The summed E-state index contributed by atoms with van der Waals surface area (Å²) in [7, 11) is 0. The molecule has 0 N–H and O–H groups in total. The smallest absolute Gasteiger partial charge is 0.341 e. The summed E-state index contributed by atoms with van der Waals surface area (Å²) in [4.78, 5) is 12.6. The Kier molecular flexibility index (Phi) is 7.69. The van der Waals surface area contributed by atoms with E-state index in [1.54, 1.807) is 0 Å². The zero-order valence-electron chi connectivity index (χ0n) is 15.3. The van der Waals surface area contributed by atoms with Crippen molar-refractivity contribution >= 4 is 21.9 Å². The van der Waals surface area contributed by atoms with Crippen molar-refractivity contribution in [3.8, 4) is 0 Å². The van der Waals surface area contributed by atoms with Gasteiger partial charge in [-0.15, -0.1) is 0 Å². The first-order valence-corrected chi connectivity index (χ1v) is 9.90. The Morgan fingerprint density at radius 1 is 1.16 bits per heavy atom. The van der Waals surface area contributed by atoms with E-state index in [1.165, 1.54) is 0 Å². The molecule has 136 valence electrons. The SMILES string of the molecule is CCCCn1nc(CCC)c(C(=O)OCC)c1Cc1ccc(Br)cc1. The highest BCUT2D eigenvalue weighted by Gasteiger charge is 2.24. The van der Waals surface area contributed by atoms with Crippen LogP contribution in [0.2, 0.25) is 0 Å². The minimum atomic E-state index is -0.249. The average molecular weight is 407 g/mol. The number of nitrogens with zero attached hydrogens (tertiary/aromatic N) is 2. The van der Waals surface area contributed by atoms with Crippen molar-refractivity contribution < 1.29 is 9.53 Å². The van der Waals surface area contributed by atoms with Gasteiger partial charge < -0.3 is 4.74 Å². The molecule has 4 nitrogen and oxygen atoms in total. The molecule has 0 radical (unpaired) electrons. The number of aryl methyl sites for hydroxylation is 2. The van der Waals surface area contributed by atoms with E-state index >= 15 is 0 Å². The number of hydrogen-bond donors (Lipinski definition) is 0. The molecule has 1 aromatic carbocycles. The Labute approximate surface area is 158 Å². The molecule has 1 heterocycles. The third-order valence-electron chi connectivity index (χ3n) is 4.10. The second kappa shape index (κ2) is 9.76. The van der Waals surface area contributed by atoms with Gasteiger partial charge in [0, 0.05) is 17.4 Å². The van der Waals surface area contributed by atoms with Gasteiger partial charge in [-0.05, 0) is 37.5 Å². The first kappa shape index (κ1) is 19.7. The molecule has 2 rings (SSSR count). The highest BCUT2D eigenvalue weighted by Crippen LogP contribution is 2.23. The number of carbonyl (C=O) groups is 1. The van der Waals surface area contributed by atoms with E-state index in [9.17, 15) is 4.79 Å². The van der Waals surface area contributed by atoms with Gasteiger partial charge in [0.25, 0.3) is 0 Å². The summed E-state index contributed by atoms with van der Waals surface area (Å²) in [5, 5.41) is 4.76. The highest BCUT2D eigenvalue weighted by atomic mass is 79.9. The minimum absolute atomic E-state index is 0.249. The molecule has 0 saturated carbocycles. The number of rotatable bonds is 9. The topological polar surface area (TPSA) is 44.1 Å². The lowest BCUT2D eigenvalue weighted by molar-refractivity contribution is 0.0524. The van der Waals surface area contributed by atoms with Gasteiger partial charge in [-0.1, -0.05) is 54.8 Å². The van der Waals surface area contributed by atoms with Gasteiger partial charge in [-0.25, -0.2) is 4.79 Å². The standard InChI is InChI=1S/C20H27BrN2O2/c1-4-7-13-23-18(14-15-9-11-16(21)12-10-15)19(20(24)25-6-3)17(22-23)8-5-2/h9-12H,4-8,13-14H2,1-3H3. The summed E-state index contributed by atoms with van der Waals surface area (Å²) in [6.45, 7) is 7.32. The number of hydrogen-bond acceptors (Lipinski definition) is 3. The summed E-state index contributed by atoms with van der Waals surface area (Å²) in [6, 6.07) is 8.21. The fourth-order valence-corrected chi connectivity index (χ4v) is 3.13. The van der Waals surface area contributed by atoms with Gasteiger partial charge in [0.1, 0.15) is 5.56 Å². The molecular formula is C20H27BrN2O2. The molecule has 0 fully saturated rings. The highest BCUT2D eigenvalue weighted by molar-refractivity contribution is 9.10. The Bertz CT molecular complexity index is 692. The number of halogens is 1. The van der Waals surface area contributed by atoms with Gasteiger partial charge in [0.2, 0.25) is 0 Å². The first-order chi connectivity index (χ1) is 12.1. The van der Waals surface area contributed by atoms with Crippen LogP contribution in [-0.2, 0) is 24.1 Å². The maximum atomic E-state index is 12.6. The third-order valence-corrected chi connectivity index (χ3v) is 4.63. The molecular weight excluding hydrogens is 380 g/mol. The van der Waals surface area contributed by atoms with Crippen LogP contribution < -0.4 is 0 Å². The molecule has 1 aromatic heterocycles. The van der Waals surface area contributed by atoms with Gasteiger partial charge in [0.15, 0.2) is 0 Å². The van der Waals surface area contributed by atoms with Crippen LogP contribution in [0.4, 0.5) is 0 Å². The average Bonchev–Trinajstić information content (AvgIpc) is 2.93. The molecule has 5 heteroatoms. The molecule has 0 aliphatic heterocycles. The third kappa shape index (κ3) is 5.18. The van der Waals surface area contributed by atoms with E-state index in [0.29, 0.717) is 18.6 Å². The van der Waals surface area contributed by atoms with Crippen LogP contribution in [0, 0.1) is 0 Å². The first-order valence-electron chi connectivity index (χ1n) is 9.10. The molecule has 0 aliphatic rings. The van der Waals surface area contributed by atoms with E-state index in [1.807, 2.05) is 23.7 Å². The maximum Gasteiger partial charge on any atom is 0.341 e. The van der Waals surface area contributed by atoms with Crippen LogP contribution in [0.3, 0.4) is 0 Å². The van der Waals surface area contributed by atoms with Gasteiger partial charge in [-0.3, -0.25) is 4.68 Å². The predicted molar refractivity (Wildman–Crippen MR) is 104 cm³/mol. The lowest BCUT2D eigenvalue weighted by Gasteiger charge is -2.10. The van der Waals surface area contributed by atoms with Crippen molar-refractivity contribution in [3.63, 3.8) is 0 Å². The summed E-state index contributed by atoms with van der Waals surface area (Å²) >= 11 is 3.47. The summed E-state index contributed by atoms with van der Waals surface area (Å²) in [6.07, 6.45) is 4.57. The Morgan fingerprint density at radius 2 is 1.88 bits per heavy atom. The predicted octanol–water partition coefficient (Wildman–Crippen LogP) is 5.17. The van der Waals surface area contributed by atoms with Crippen molar-refractivity contribution in [3.05, 3.63) is 51.3 Å². The maximum absolute atomic E-state index is 12.6. The van der Waals surface area contributed by atoms with Crippen molar-refractivity contribution in [2.45, 2.75) is 59.4 Å². The van der Waals surface area contributed by atoms with Crippen molar-refractivity contribution in [2.75, 3.05) is 6.61 Å². The number of esters is 1. The molecule has 25 heavy (non-hydrogen) atoms. The minimum Gasteiger partial charge on any atom is -0.462 e. The van der Waals surface area contributed by atoms with E-state index in [0.717, 1.165) is 53.7 Å². The van der Waals surface area contributed by atoms with E-state index in [4.69, 9.17) is 9.84 Å². The summed E-state index contributed by atoms with van der Waals surface area (Å²) in [5.41, 5.74) is 3.67. The van der Waals surface area contributed by atoms with E-state index in [-0.39, 0.29) is 5.97 Å². The second-order valence-electron chi connectivity index (χ2n) is 6.12. The Balaban J connectivity index is 2.46. The van der Waals surface area contributed by atoms with E-state index in [2.05, 4.69) is 41.9 Å². The monoisotopic (exact) mass is 406 g/mol. The van der Waals surface area contributed by atoms with Gasteiger partial charge in [-0.2, -0.15) is 5.10 Å². The molecule has 0 unspecified atom stereocenters. The molecule has 0 spiro atoms. The number of unbranched alkanes of at least 4 members (excludes halogenated alkanes) is 1. The Morgan fingerprint density at radius 3 is 2.48 bits per heavy atom. The number of benzene rings is 1. The second-order valence-corrected chi connectivity index (χ2v) is 7.03. The fourth-order valence-electron chi connectivity index (χ4n) is 2.87.